The van der Waals surface area contributed by atoms with Crippen molar-refractivity contribution < 1.29 is 18.5 Å². The number of rotatable bonds is 6. The number of amides is 2. The van der Waals surface area contributed by atoms with E-state index in [4.69, 9.17) is 9.31 Å². The molecular weight excluding hydrogens is 456 g/mol. The molecule has 0 bridgehead atoms. The molecular formula is C23H27BFN5O3S. The van der Waals surface area contributed by atoms with Crippen LogP contribution in [0.3, 0.4) is 0 Å². The molecule has 4 heterocycles. The Balaban J connectivity index is 1.40. The Labute approximate surface area is 202 Å². The molecule has 0 aliphatic carbocycles. The van der Waals surface area contributed by atoms with E-state index < -0.39 is 24.1 Å². The van der Waals surface area contributed by atoms with Crippen LogP contribution < -0.4 is 16.1 Å². The first-order valence-corrected chi connectivity index (χ1v) is 12.1. The lowest BCUT2D eigenvalue weighted by atomic mass is 9.78. The highest BCUT2D eigenvalue weighted by Gasteiger charge is 2.52. The van der Waals surface area contributed by atoms with Gasteiger partial charge in [0.15, 0.2) is 5.82 Å². The monoisotopic (exact) mass is 483 g/mol. The van der Waals surface area contributed by atoms with E-state index in [-0.39, 0.29) is 11.7 Å². The summed E-state index contributed by atoms with van der Waals surface area (Å²) >= 11 is 1.45. The number of urea groups is 1. The molecule has 0 atom stereocenters. The van der Waals surface area contributed by atoms with Gasteiger partial charge in [-0.1, -0.05) is 18.2 Å². The number of anilines is 1. The first kappa shape index (κ1) is 23.0. The van der Waals surface area contributed by atoms with Crippen LogP contribution in [-0.2, 0) is 9.31 Å². The predicted octanol–water partition coefficient (Wildman–Crippen LogP) is 3.23. The highest BCUT2D eigenvalue weighted by molar-refractivity contribution is 7.23. The van der Waals surface area contributed by atoms with Gasteiger partial charge in [-0.15, -0.1) is 11.3 Å². The van der Waals surface area contributed by atoms with Crippen molar-refractivity contribution >= 4 is 46.0 Å². The van der Waals surface area contributed by atoms with Gasteiger partial charge in [0.2, 0.25) is 5.95 Å². The Hall–Kier alpha value is -2.76. The highest BCUT2D eigenvalue weighted by Crippen LogP contribution is 2.39. The van der Waals surface area contributed by atoms with Crippen LogP contribution >= 0.6 is 11.3 Å². The summed E-state index contributed by atoms with van der Waals surface area (Å²) < 4.78 is 28.2. The van der Waals surface area contributed by atoms with Crippen molar-refractivity contribution in [2.75, 3.05) is 31.5 Å². The topological polar surface area (TPSA) is 88.6 Å². The lowest BCUT2D eigenvalue weighted by Gasteiger charge is -2.32. The standard InChI is InChI=1S/C23H27BFN5O3S/c1-22(2)23(3,4)33-24(32-22)15-7-5-6-14-12-17(34-19(14)15)18-16(25)13-28-20(29-18)26-8-10-30-11-9-27-21(30)31/h5-7,12-13H,8-11H2,1-4H3,(H,27,31)(H,26,28,29). The number of aromatic nitrogens is 2. The van der Waals surface area contributed by atoms with Gasteiger partial charge in [-0.05, 0) is 39.1 Å². The van der Waals surface area contributed by atoms with E-state index in [0.29, 0.717) is 37.0 Å². The minimum atomic E-state index is -0.504. The highest BCUT2D eigenvalue weighted by atomic mass is 32.1. The fourth-order valence-electron chi connectivity index (χ4n) is 4.01. The quantitative estimate of drug-likeness (QED) is 0.524. The molecule has 178 valence electrons. The number of hydrogen-bond acceptors (Lipinski definition) is 7. The van der Waals surface area contributed by atoms with Crippen molar-refractivity contribution in [3.8, 4) is 10.6 Å². The molecule has 11 heteroatoms. The van der Waals surface area contributed by atoms with Gasteiger partial charge in [-0.2, -0.15) is 0 Å². The number of benzene rings is 1. The van der Waals surface area contributed by atoms with Gasteiger partial charge in [0.25, 0.3) is 0 Å². The van der Waals surface area contributed by atoms with Gasteiger partial charge >= 0.3 is 13.1 Å². The first-order chi connectivity index (χ1) is 16.1. The Kier molecular flexibility index (Phi) is 5.74. The van der Waals surface area contributed by atoms with Crippen molar-refractivity contribution in [3.05, 3.63) is 36.3 Å². The van der Waals surface area contributed by atoms with Gasteiger partial charge in [-0.3, -0.25) is 0 Å². The number of fused-ring (bicyclic) bond motifs is 1. The maximum atomic E-state index is 14.8. The van der Waals surface area contributed by atoms with E-state index >= 15 is 0 Å². The van der Waals surface area contributed by atoms with E-state index in [2.05, 4.69) is 20.6 Å². The second kappa shape index (κ2) is 8.48. The third-order valence-corrected chi connectivity index (χ3v) is 7.88. The van der Waals surface area contributed by atoms with Crippen LogP contribution in [0.4, 0.5) is 15.1 Å². The van der Waals surface area contributed by atoms with Crippen LogP contribution in [0, 0.1) is 5.82 Å². The number of halogens is 1. The number of thiophene rings is 1. The normalized spacial score (nSPS) is 19.1. The Morgan fingerprint density at radius 1 is 1.26 bits per heavy atom. The summed E-state index contributed by atoms with van der Waals surface area (Å²) in [6.07, 6.45) is 1.17. The second-order valence-electron chi connectivity index (χ2n) is 9.50. The van der Waals surface area contributed by atoms with Gasteiger partial charge in [0.05, 0.1) is 22.3 Å². The summed E-state index contributed by atoms with van der Waals surface area (Å²) in [6, 6.07) is 7.78. The zero-order chi connectivity index (χ0) is 24.1. The van der Waals surface area contributed by atoms with Crippen molar-refractivity contribution in [2.24, 2.45) is 0 Å². The van der Waals surface area contributed by atoms with Crippen molar-refractivity contribution in [1.29, 1.82) is 0 Å². The molecule has 3 aromatic rings. The summed E-state index contributed by atoms with van der Waals surface area (Å²) in [4.78, 5) is 22.6. The number of carbonyl (C=O) groups is 1. The van der Waals surface area contributed by atoms with Gasteiger partial charge in [0.1, 0.15) is 5.69 Å². The molecule has 2 amide bonds. The molecule has 1 aromatic carbocycles. The Bertz CT molecular complexity index is 1230. The van der Waals surface area contributed by atoms with E-state index in [1.54, 1.807) is 4.90 Å². The summed E-state index contributed by atoms with van der Waals surface area (Å²) in [5.74, 6) is -0.173. The molecule has 0 unspecified atom stereocenters. The van der Waals surface area contributed by atoms with Gasteiger partial charge < -0.3 is 24.8 Å². The molecule has 0 radical (unpaired) electrons. The van der Waals surface area contributed by atoms with E-state index in [1.807, 2.05) is 52.0 Å². The van der Waals surface area contributed by atoms with Crippen LogP contribution in [0.25, 0.3) is 20.7 Å². The van der Waals surface area contributed by atoms with Crippen molar-refractivity contribution in [2.45, 2.75) is 38.9 Å². The summed E-state index contributed by atoms with van der Waals surface area (Å²) in [5, 5.41) is 6.83. The minimum Gasteiger partial charge on any atom is -0.399 e. The molecule has 2 aliphatic heterocycles. The van der Waals surface area contributed by atoms with Crippen molar-refractivity contribution in [3.63, 3.8) is 0 Å². The summed E-state index contributed by atoms with van der Waals surface area (Å²) in [7, 11) is -0.504. The molecule has 8 nitrogen and oxygen atoms in total. The second-order valence-corrected chi connectivity index (χ2v) is 10.6. The SMILES string of the molecule is CC1(C)OB(c2cccc3cc(-c4nc(NCCN5CCNC5=O)ncc4F)sc23)OC1(C)C. The van der Waals surface area contributed by atoms with Crippen LogP contribution in [0.2, 0.25) is 0 Å². The zero-order valence-electron chi connectivity index (χ0n) is 19.6. The van der Waals surface area contributed by atoms with Crippen molar-refractivity contribution in [1.82, 2.24) is 20.2 Å². The van der Waals surface area contributed by atoms with Crippen LogP contribution in [0.15, 0.2) is 30.5 Å². The van der Waals surface area contributed by atoms with Crippen LogP contribution in [0.5, 0.6) is 0 Å². The van der Waals surface area contributed by atoms with Crippen LogP contribution in [-0.4, -0.2) is 65.4 Å². The largest absolute Gasteiger partial charge is 0.496 e. The number of hydrogen-bond donors (Lipinski definition) is 2. The fraction of sp³-hybridized carbons (Fsp3) is 0.435. The average Bonchev–Trinajstić information content (AvgIpc) is 3.44. The maximum absolute atomic E-state index is 14.8. The number of carbonyl (C=O) groups excluding carboxylic acids is 1. The first-order valence-electron chi connectivity index (χ1n) is 11.3. The van der Waals surface area contributed by atoms with E-state index in [0.717, 1.165) is 15.5 Å². The molecule has 0 spiro atoms. The third kappa shape index (κ3) is 4.12. The lowest BCUT2D eigenvalue weighted by molar-refractivity contribution is 0.00578. The predicted molar refractivity (Wildman–Crippen MR) is 132 cm³/mol. The molecule has 2 aliphatic rings. The minimum absolute atomic E-state index is 0.0782. The molecule has 2 N–H and O–H groups in total. The van der Waals surface area contributed by atoms with E-state index in [9.17, 15) is 9.18 Å². The smallest absolute Gasteiger partial charge is 0.399 e. The Morgan fingerprint density at radius 3 is 2.74 bits per heavy atom. The number of nitrogens with zero attached hydrogens (tertiary/aromatic N) is 3. The maximum Gasteiger partial charge on any atom is 0.496 e. The third-order valence-electron chi connectivity index (χ3n) is 6.67. The Morgan fingerprint density at radius 2 is 2.03 bits per heavy atom. The molecule has 5 rings (SSSR count). The summed E-state index contributed by atoms with van der Waals surface area (Å²) in [6.45, 7) is 10.4. The van der Waals surface area contributed by atoms with Gasteiger partial charge in [-0.25, -0.2) is 19.2 Å². The number of nitrogens with one attached hydrogen (secondary N) is 2. The molecule has 2 aromatic heterocycles. The molecule has 34 heavy (non-hydrogen) atoms. The molecule has 2 fully saturated rings. The fourth-order valence-corrected chi connectivity index (χ4v) is 5.18. The van der Waals surface area contributed by atoms with E-state index in [1.165, 1.54) is 17.5 Å². The average molecular weight is 483 g/mol. The molecule has 2 saturated heterocycles. The summed E-state index contributed by atoms with van der Waals surface area (Å²) in [5.41, 5.74) is 0.255. The van der Waals surface area contributed by atoms with Gasteiger partial charge in [0, 0.05) is 36.3 Å². The molecule has 0 saturated carbocycles. The lowest BCUT2D eigenvalue weighted by Crippen LogP contribution is -2.41. The zero-order valence-corrected chi connectivity index (χ0v) is 20.5. The van der Waals surface area contributed by atoms with Crippen LogP contribution in [0.1, 0.15) is 27.7 Å².